The molecule has 4 nitrogen and oxygen atoms in total. The van der Waals surface area contributed by atoms with Crippen LogP contribution in [0, 0.1) is 18.3 Å². The first-order valence-electron chi connectivity index (χ1n) is 7.43. The van der Waals surface area contributed by atoms with Gasteiger partial charge in [0.1, 0.15) is 6.07 Å². The monoisotopic (exact) mass is 302 g/mol. The Morgan fingerprint density at radius 3 is 2.39 bits per heavy atom. The summed E-state index contributed by atoms with van der Waals surface area (Å²) in [6.45, 7) is 2.05. The summed E-state index contributed by atoms with van der Waals surface area (Å²) in [7, 11) is 4.03. The molecule has 1 heterocycles. The Kier molecular flexibility index (Phi) is 3.86. The Hall–Kier alpha value is -3.06. The second-order valence-electron chi connectivity index (χ2n) is 5.72. The smallest absolute Gasteiger partial charge is 0.163 e. The van der Waals surface area contributed by atoms with Gasteiger partial charge in [0.05, 0.1) is 11.4 Å². The normalized spacial score (nSPS) is 10.3. The fourth-order valence-corrected chi connectivity index (χ4v) is 2.53. The molecule has 0 radical (unpaired) electrons. The van der Waals surface area contributed by atoms with E-state index in [1.165, 1.54) is 0 Å². The molecule has 1 aromatic heterocycles. The average molecular weight is 302 g/mol. The minimum absolute atomic E-state index is 0.415. The minimum Gasteiger partial charge on any atom is -0.378 e. The lowest BCUT2D eigenvalue weighted by molar-refractivity contribution is 0.879. The van der Waals surface area contributed by atoms with Crippen LogP contribution in [0.25, 0.3) is 16.9 Å². The maximum Gasteiger partial charge on any atom is 0.163 e. The van der Waals surface area contributed by atoms with E-state index >= 15 is 0 Å². The van der Waals surface area contributed by atoms with Gasteiger partial charge in [0.15, 0.2) is 5.69 Å². The van der Waals surface area contributed by atoms with Gasteiger partial charge in [-0.15, -0.1) is 0 Å². The standard InChI is InChI=1S/C19H18N4/c1-14-5-4-6-18(11-14)23-19(12-16(13-20)21-23)15-7-9-17(10-8-15)22(2)3/h4-12H,1-3H3. The largest absolute Gasteiger partial charge is 0.378 e. The summed E-state index contributed by atoms with van der Waals surface area (Å²) < 4.78 is 1.83. The summed E-state index contributed by atoms with van der Waals surface area (Å²) >= 11 is 0. The van der Waals surface area contributed by atoms with Crippen molar-refractivity contribution in [2.45, 2.75) is 6.92 Å². The summed E-state index contributed by atoms with van der Waals surface area (Å²) in [6, 6.07) is 20.3. The van der Waals surface area contributed by atoms with Gasteiger partial charge < -0.3 is 4.90 Å². The number of aryl methyl sites for hydroxylation is 1. The fraction of sp³-hybridized carbons (Fsp3) is 0.158. The maximum absolute atomic E-state index is 9.21. The van der Waals surface area contributed by atoms with E-state index in [0.29, 0.717) is 5.69 Å². The summed E-state index contributed by atoms with van der Waals surface area (Å²) in [5.41, 5.74) is 5.61. The Bertz CT molecular complexity index is 867. The molecule has 0 bridgehead atoms. The van der Waals surface area contributed by atoms with E-state index in [9.17, 15) is 5.26 Å². The molecule has 3 aromatic rings. The van der Waals surface area contributed by atoms with E-state index in [2.05, 4.69) is 46.4 Å². The van der Waals surface area contributed by atoms with Crippen LogP contribution in [0.3, 0.4) is 0 Å². The SMILES string of the molecule is Cc1cccc(-n2nc(C#N)cc2-c2ccc(N(C)C)cc2)c1. The molecular weight excluding hydrogens is 284 g/mol. The van der Waals surface area contributed by atoms with Crippen molar-refractivity contribution >= 4 is 5.69 Å². The molecule has 114 valence electrons. The van der Waals surface area contributed by atoms with Crippen molar-refractivity contribution in [3.63, 3.8) is 0 Å². The van der Waals surface area contributed by atoms with Gasteiger partial charge in [0.25, 0.3) is 0 Å². The second-order valence-corrected chi connectivity index (χ2v) is 5.72. The van der Waals surface area contributed by atoms with Gasteiger partial charge in [0.2, 0.25) is 0 Å². The minimum atomic E-state index is 0.415. The number of aromatic nitrogens is 2. The molecule has 0 saturated carbocycles. The van der Waals surface area contributed by atoms with Crippen molar-refractivity contribution in [2.24, 2.45) is 0 Å². The van der Waals surface area contributed by atoms with Gasteiger partial charge in [-0.05, 0) is 36.8 Å². The summed E-state index contributed by atoms with van der Waals surface area (Å²) in [6.07, 6.45) is 0. The summed E-state index contributed by atoms with van der Waals surface area (Å²) in [4.78, 5) is 2.06. The Balaban J connectivity index is 2.12. The second kappa shape index (κ2) is 5.98. The van der Waals surface area contributed by atoms with Crippen molar-refractivity contribution in [1.82, 2.24) is 9.78 Å². The lowest BCUT2D eigenvalue weighted by Gasteiger charge is -2.13. The van der Waals surface area contributed by atoms with E-state index in [0.717, 1.165) is 28.2 Å². The van der Waals surface area contributed by atoms with Gasteiger partial charge in [-0.2, -0.15) is 10.4 Å². The number of rotatable bonds is 3. The first-order valence-corrected chi connectivity index (χ1v) is 7.43. The Morgan fingerprint density at radius 1 is 1.04 bits per heavy atom. The molecule has 0 saturated heterocycles. The highest BCUT2D eigenvalue weighted by Crippen LogP contribution is 2.26. The first-order chi connectivity index (χ1) is 11.1. The van der Waals surface area contributed by atoms with Crippen LogP contribution in [-0.2, 0) is 0 Å². The predicted molar refractivity (Wildman–Crippen MR) is 92.8 cm³/mol. The lowest BCUT2D eigenvalue weighted by atomic mass is 10.1. The quantitative estimate of drug-likeness (QED) is 0.739. The highest BCUT2D eigenvalue weighted by atomic mass is 15.3. The molecule has 3 rings (SSSR count). The van der Waals surface area contributed by atoms with Crippen LogP contribution in [0.15, 0.2) is 54.6 Å². The van der Waals surface area contributed by atoms with Crippen molar-refractivity contribution in [2.75, 3.05) is 19.0 Å². The zero-order valence-corrected chi connectivity index (χ0v) is 13.5. The summed E-state index contributed by atoms with van der Waals surface area (Å²) in [5.74, 6) is 0. The molecule has 0 atom stereocenters. The van der Waals surface area contributed by atoms with Crippen LogP contribution in [0.2, 0.25) is 0 Å². The van der Waals surface area contributed by atoms with E-state index in [-0.39, 0.29) is 0 Å². The van der Waals surface area contributed by atoms with Crippen molar-refractivity contribution in [3.05, 3.63) is 65.9 Å². The number of nitriles is 1. The number of benzene rings is 2. The van der Waals surface area contributed by atoms with Crippen molar-refractivity contribution in [1.29, 1.82) is 5.26 Å². The van der Waals surface area contributed by atoms with Crippen molar-refractivity contribution < 1.29 is 0 Å². The first kappa shape index (κ1) is 14.9. The molecule has 0 aliphatic heterocycles. The van der Waals surface area contributed by atoms with E-state index in [4.69, 9.17) is 0 Å². The molecule has 0 aliphatic rings. The molecule has 23 heavy (non-hydrogen) atoms. The van der Waals surface area contributed by atoms with Crippen LogP contribution < -0.4 is 4.90 Å². The third-order valence-corrected chi connectivity index (χ3v) is 3.75. The average Bonchev–Trinajstić information content (AvgIpc) is 2.99. The highest BCUT2D eigenvalue weighted by molar-refractivity contribution is 5.66. The fourth-order valence-electron chi connectivity index (χ4n) is 2.53. The lowest BCUT2D eigenvalue weighted by Crippen LogP contribution is -2.08. The van der Waals surface area contributed by atoms with Gasteiger partial charge >= 0.3 is 0 Å². The van der Waals surface area contributed by atoms with Gasteiger partial charge in [0, 0.05) is 31.4 Å². The molecular formula is C19H18N4. The topological polar surface area (TPSA) is 44.9 Å². The predicted octanol–water partition coefficient (Wildman–Crippen LogP) is 3.79. The molecule has 0 aliphatic carbocycles. The number of anilines is 1. The Morgan fingerprint density at radius 2 is 1.78 bits per heavy atom. The van der Waals surface area contributed by atoms with Gasteiger partial charge in [-0.3, -0.25) is 0 Å². The third kappa shape index (κ3) is 2.95. The zero-order valence-electron chi connectivity index (χ0n) is 13.5. The maximum atomic E-state index is 9.21. The molecule has 0 amide bonds. The highest BCUT2D eigenvalue weighted by Gasteiger charge is 2.12. The summed E-state index contributed by atoms with van der Waals surface area (Å²) in [5, 5.41) is 13.6. The Labute approximate surface area is 136 Å². The molecule has 0 unspecified atom stereocenters. The molecule has 0 spiro atoms. The third-order valence-electron chi connectivity index (χ3n) is 3.75. The van der Waals surface area contributed by atoms with Crippen molar-refractivity contribution in [3.8, 4) is 23.0 Å². The van der Waals surface area contributed by atoms with Crippen LogP contribution in [-0.4, -0.2) is 23.9 Å². The number of hydrogen-bond donors (Lipinski definition) is 0. The van der Waals surface area contributed by atoms with Crippen LogP contribution >= 0.6 is 0 Å². The van der Waals surface area contributed by atoms with E-state index in [1.54, 1.807) is 0 Å². The zero-order chi connectivity index (χ0) is 16.4. The van der Waals surface area contributed by atoms with E-state index < -0.39 is 0 Å². The molecule has 4 heteroatoms. The van der Waals surface area contributed by atoms with Gasteiger partial charge in [-0.25, -0.2) is 4.68 Å². The molecule has 0 N–H and O–H groups in total. The van der Waals surface area contributed by atoms with Crippen LogP contribution in [0.4, 0.5) is 5.69 Å². The number of nitrogens with zero attached hydrogens (tertiary/aromatic N) is 4. The van der Waals surface area contributed by atoms with Crippen LogP contribution in [0.1, 0.15) is 11.3 Å². The number of hydrogen-bond acceptors (Lipinski definition) is 3. The van der Waals surface area contributed by atoms with Crippen LogP contribution in [0.5, 0.6) is 0 Å². The molecule has 0 fully saturated rings. The van der Waals surface area contributed by atoms with E-state index in [1.807, 2.05) is 50.0 Å². The molecule has 2 aromatic carbocycles. The van der Waals surface area contributed by atoms with Gasteiger partial charge in [-0.1, -0.05) is 24.3 Å².